The van der Waals surface area contributed by atoms with E-state index in [1.54, 1.807) is 11.3 Å². The lowest BCUT2D eigenvalue weighted by Gasteiger charge is -2.09. The minimum Gasteiger partial charge on any atom is -0.383 e. The van der Waals surface area contributed by atoms with Gasteiger partial charge in [0.2, 0.25) is 0 Å². The van der Waals surface area contributed by atoms with Crippen LogP contribution in [0.3, 0.4) is 0 Å². The molecule has 0 spiro atoms. The van der Waals surface area contributed by atoms with Crippen LogP contribution in [0.25, 0.3) is 53.6 Å². The molecule has 0 radical (unpaired) electrons. The number of nitrogens with zero attached hydrogens (tertiary/aromatic N) is 2. The molecule has 0 aliphatic heterocycles. The third kappa shape index (κ3) is 2.58. The molecule has 142 valence electrons. The summed E-state index contributed by atoms with van der Waals surface area (Å²) in [5.74, 6) is 0.559. The Morgan fingerprint density at radius 3 is 2.03 bits per heavy atom. The maximum absolute atomic E-state index is 6.36. The van der Waals surface area contributed by atoms with Crippen LogP contribution in [0.4, 0.5) is 5.82 Å². The van der Waals surface area contributed by atoms with Crippen molar-refractivity contribution in [3.8, 4) is 22.4 Å². The fraction of sp³-hybridized carbons (Fsp3) is 0. The van der Waals surface area contributed by atoms with Crippen LogP contribution in [0.5, 0.6) is 0 Å². The molecule has 0 aliphatic rings. The molecular weight excluding hydrogens is 386 g/mol. The maximum Gasteiger partial charge on any atom is 0.132 e. The van der Waals surface area contributed by atoms with Gasteiger partial charge in [0, 0.05) is 21.7 Å². The lowest BCUT2D eigenvalue weighted by Crippen LogP contribution is -1.92. The molecule has 0 bridgehead atoms. The van der Waals surface area contributed by atoms with Crippen molar-refractivity contribution < 1.29 is 0 Å². The van der Waals surface area contributed by atoms with Gasteiger partial charge in [0.05, 0.1) is 15.9 Å². The second kappa shape index (κ2) is 6.65. The molecular formula is C26H17N3S. The van der Waals surface area contributed by atoms with Crippen molar-refractivity contribution in [3.63, 3.8) is 0 Å². The van der Waals surface area contributed by atoms with Gasteiger partial charge in [-0.1, -0.05) is 84.9 Å². The predicted octanol–water partition coefficient (Wildman–Crippen LogP) is 6.91. The Labute approximate surface area is 177 Å². The quantitative estimate of drug-likeness (QED) is 0.342. The minimum absolute atomic E-state index is 0.559. The number of hydrogen-bond donors (Lipinski definition) is 1. The van der Waals surface area contributed by atoms with Gasteiger partial charge in [-0.15, -0.1) is 11.3 Å². The van der Waals surface area contributed by atoms with Gasteiger partial charge in [-0.2, -0.15) is 0 Å². The maximum atomic E-state index is 6.36. The first kappa shape index (κ1) is 17.1. The molecule has 3 heterocycles. The Kier molecular flexibility index (Phi) is 3.79. The fourth-order valence-electron chi connectivity index (χ4n) is 4.06. The van der Waals surface area contributed by atoms with Crippen molar-refractivity contribution in [2.45, 2.75) is 0 Å². The van der Waals surface area contributed by atoms with Gasteiger partial charge >= 0.3 is 0 Å². The monoisotopic (exact) mass is 403 g/mol. The molecule has 0 unspecified atom stereocenters. The standard InChI is InChI=1S/C26H17N3S/c27-25-19-14-8-7-13-18(19)24-23(29-25)22-20(16-9-3-1-4-10-16)15-21(28-26(22)30-24)17-11-5-2-6-12-17/h1-15H,(H2,27,29). The van der Waals surface area contributed by atoms with E-state index in [0.717, 1.165) is 53.6 Å². The average molecular weight is 404 g/mol. The number of nitrogen functional groups attached to an aromatic ring is 1. The Bertz CT molecular complexity index is 1540. The molecule has 0 saturated heterocycles. The van der Waals surface area contributed by atoms with Gasteiger partial charge in [0.25, 0.3) is 0 Å². The van der Waals surface area contributed by atoms with Crippen molar-refractivity contribution in [2.75, 3.05) is 5.73 Å². The zero-order valence-corrected chi connectivity index (χ0v) is 16.9. The summed E-state index contributed by atoms with van der Waals surface area (Å²) in [6.07, 6.45) is 0. The van der Waals surface area contributed by atoms with E-state index in [1.165, 1.54) is 0 Å². The summed E-state index contributed by atoms with van der Waals surface area (Å²) in [5.41, 5.74) is 11.6. The number of pyridine rings is 2. The predicted molar refractivity (Wildman–Crippen MR) is 128 cm³/mol. The molecule has 3 aromatic carbocycles. The van der Waals surface area contributed by atoms with Gasteiger partial charge in [0.1, 0.15) is 10.6 Å². The third-order valence-electron chi connectivity index (χ3n) is 5.47. The normalized spacial score (nSPS) is 11.5. The van der Waals surface area contributed by atoms with Crippen LogP contribution in [0, 0.1) is 0 Å². The molecule has 30 heavy (non-hydrogen) atoms. The topological polar surface area (TPSA) is 51.8 Å². The Morgan fingerprint density at radius 2 is 1.30 bits per heavy atom. The smallest absolute Gasteiger partial charge is 0.132 e. The second-order valence-corrected chi connectivity index (χ2v) is 8.29. The van der Waals surface area contributed by atoms with Crippen molar-refractivity contribution >= 4 is 48.4 Å². The van der Waals surface area contributed by atoms with Crippen LogP contribution < -0.4 is 5.73 Å². The van der Waals surface area contributed by atoms with Gasteiger partial charge < -0.3 is 5.73 Å². The highest BCUT2D eigenvalue weighted by Gasteiger charge is 2.18. The highest BCUT2D eigenvalue weighted by molar-refractivity contribution is 7.26. The summed E-state index contributed by atoms with van der Waals surface area (Å²) in [6.45, 7) is 0. The number of hydrogen-bond acceptors (Lipinski definition) is 4. The first-order valence-corrected chi connectivity index (χ1v) is 10.6. The number of rotatable bonds is 2. The highest BCUT2D eigenvalue weighted by Crippen LogP contribution is 2.43. The lowest BCUT2D eigenvalue weighted by atomic mass is 9.99. The summed E-state index contributed by atoms with van der Waals surface area (Å²) in [4.78, 5) is 10.9. The number of thiophene rings is 1. The van der Waals surface area contributed by atoms with Crippen molar-refractivity contribution in [3.05, 3.63) is 91.0 Å². The zero-order chi connectivity index (χ0) is 20.1. The van der Waals surface area contributed by atoms with E-state index in [0.29, 0.717) is 5.82 Å². The number of nitrogens with two attached hydrogens (primary N) is 1. The summed E-state index contributed by atoms with van der Waals surface area (Å²) in [5, 5.41) is 3.18. The Morgan fingerprint density at radius 1 is 0.667 bits per heavy atom. The minimum atomic E-state index is 0.559. The fourth-order valence-corrected chi connectivity index (χ4v) is 5.24. The highest BCUT2D eigenvalue weighted by atomic mass is 32.1. The molecule has 0 amide bonds. The molecule has 0 atom stereocenters. The lowest BCUT2D eigenvalue weighted by molar-refractivity contribution is 1.42. The molecule has 0 fully saturated rings. The number of aromatic nitrogens is 2. The van der Waals surface area contributed by atoms with Crippen LogP contribution in [0.1, 0.15) is 0 Å². The average Bonchev–Trinajstić information content (AvgIpc) is 3.18. The van der Waals surface area contributed by atoms with Crippen molar-refractivity contribution in [1.29, 1.82) is 0 Å². The summed E-state index contributed by atoms with van der Waals surface area (Å²) in [6, 6.07) is 31.1. The van der Waals surface area contributed by atoms with E-state index in [-0.39, 0.29) is 0 Å². The first-order chi connectivity index (χ1) is 14.8. The van der Waals surface area contributed by atoms with Crippen LogP contribution in [0.15, 0.2) is 91.0 Å². The van der Waals surface area contributed by atoms with Crippen molar-refractivity contribution in [2.24, 2.45) is 0 Å². The van der Waals surface area contributed by atoms with Crippen LogP contribution >= 0.6 is 11.3 Å². The largest absolute Gasteiger partial charge is 0.383 e. The summed E-state index contributed by atoms with van der Waals surface area (Å²) in [7, 11) is 0. The van der Waals surface area contributed by atoms with E-state index in [1.807, 2.05) is 42.5 Å². The zero-order valence-electron chi connectivity index (χ0n) is 16.0. The molecule has 0 saturated carbocycles. The van der Waals surface area contributed by atoms with E-state index in [9.17, 15) is 0 Å². The molecule has 6 aromatic rings. The Balaban J connectivity index is 1.79. The molecule has 3 aromatic heterocycles. The number of benzene rings is 3. The third-order valence-corrected chi connectivity index (χ3v) is 6.58. The first-order valence-electron chi connectivity index (χ1n) is 9.82. The van der Waals surface area contributed by atoms with E-state index < -0.39 is 0 Å². The number of anilines is 1. The molecule has 4 heteroatoms. The van der Waals surface area contributed by atoms with E-state index >= 15 is 0 Å². The van der Waals surface area contributed by atoms with E-state index in [2.05, 4.69) is 48.5 Å². The molecule has 0 aliphatic carbocycles. The Hall–Kier alpha value is -3.76. The van der Waals surface area contributed by atoms with Gasteiger partial charge in [-0.05, 0) is 17.2 Å². The van der Waals surface area contributed by atoms with Crippen molar-refractivity contribution in [1.82, 2.24) is 9.97 Å². The van der Waals surface area contributed by atoms with Gasteiger partial charge in [-0.3, -0.25) is 0 Å². The molecule has 2 N–H and O–H groups in total. The van der Waals surface area contributed by atoms with Crippen LogP contribution in [0.2, 0.25) is 0 Å². The van der Waals surface area contributed by atoms with Crippen LogP contribution in [-0.4, -0.2) is 9.97 Å². The molecule has 3 nitrogen and oxygen atoms in total. The SMILES string of the molecule is Nc1nc2c(sc3nc(-c4ccccc4)cc(-c4ccccc4)c32)c2ccccc12. The van der Waals surface area contributed by atoms with Crippen LogP contribution in [-0.2, 0) is 0 Å². The van der Waals surface area contributed by atoms with Gasteiger partial charge in [-0.25, -0.2) is 9.97 Å². The number of fused-ring (bicyclic) bond motifs is 5. The summed E-state index contributed by atoms with van der Waals surface area (Å²) >= 11 is 1.69. The summed E-state index contributed by atoms with van der Waals surface area (Å²) < 4.78 is 1.13. The second-order valence-electron chi connectivity index (χ2n) is 7.29. The van der Waals surface area contributed by atoms with E-state index in [4.69, 9.17) is 15.7 Å². The molecule has 6 rings (SSSR count). The van der Waals surface area contributed by atoms with Gasteiger partial charge in [0.15, 0.2) is 0 Å².